The van der Waals surface area contributed by atoms with Crippen LogP contribution in [0.15, 0.2) is 24.3 Å². The average Bonchev–Trinajstić information content (AvgIpc) is 2.86. The Morgan fingerprint density at radius 2 is 2.14 bits per heavy atom. The van der Waals surface area contributed by atoms with Crippen LogP contribution in [0.3, 0.4) is 0 Å². The van der Waals surface area contributed by atoms with Crippen molar-refractivity contribution >= 4 is 28.2 Å². The molecule has 1 aromatic heterocycles. The zero-order chi connectivity index (χ0) is 15.6. The van der Waals surface area contributed by atoms with Crippen LogP contribution in [0.4, 0.5) is 15.3 Å². The number of amides is 1. The molecule has 2 aromatic rings. The van der Waals surface area contributed by atoms with Crippen LogP contribution >= 0.6 is 11.3 Å². The molecule has 0 radical (unpaired) electrons. The maximum atomic E-state index is 13.8. The fourth-order valence-corrected chi connectivity index (χ4v) is 2.77. The van der Waals surface area contributed by atoms with Gasteiger partial charge in [-0.1, -0.05) is 29.5 Å². The highest BCUT2D eigenvalue weighted by atomic mass is 32.1. The van der Waals surface area contributed by atoms with Crippen LogP contribution in [-0.4, -0.2) is 29.9 Å². The van der Waals surface area contributed by atoms with Crippen LogP contribution in [-0.2, 0) is 0 Å². The molecule has 0 bridgehead atoms. The Hall–Kier alpha value is -2.15. The summed E-state index contributed by atoms with van der Waals surface area (Å²) in [4.78, 5) is 18.3. The van der Waals surface area contributed by atoms with E-state index in [1.165, 1.54) is 22.3 Å². The molecule has 0 aliphatic rings. The maximum Gasteiger partial charge on any atom is 0.268 e. The van der Waals surface area contributed by atoms with Gasteiger partial charge in [0.15, 0.2) is 5.13 Å². The number of benzene rings is 1. The zero-order valence-electron chi connectivity index (χ0n) is 12.1. The van der Waals surface area contributed by atoms with Gasteiger partial charge in [0, 0.05) is 19.7 Å². The molecule has 5 nitrogen and oxygen atoms in total. The lowest BCUT2D eigenvalue weighted by molar-refractivity contribution is 0.0746. The van der Waals surface area contributed by atoms with Gasteiger partial charge in [0.1, 0.15) is 16.5 Å². The Labute approximate surface area is 126 Å². The summed E-state index contributed by atoms with van der Waals surface area (Å²) in [6.45, 7) is 1.77. The summed E-state index contributed by atoms with van der Waals surface area (Å²) in [7, 11) is 3.33. The fraction of sp³-hybridized carbons (Fsp3) is 0.286. The number of hydrogen-bond donors (Lipinski definition) is 2. The van der Waals surface area contributed by atoms with Crippen LogP contribution in [0.1, 0.15) is 28.2 Å². The van der Waals surface area contributed by atoms with Gasteiger partial charge >= 0.3 is 0 Å². The van der Waals surface area contributed by atoms with Crippen LogP contribution in [0.2, 0.25) is 0 Å². The van der Waals surface area contributed by atoms with Crippen molar-refractivity contribution in [1.29, 1.82) is 0 Å². The van der Waals surface area contributed by atoms with Crippen molar-refractivity contribution in [3.8, 4) is 0 Å². The Morgan fingerprint density at radius 1 is 1.48 bits per heavy atom. The number of anilines is 2. The van der Waals surface area contributed by atoms with E-state index in [2.05, 4.69) is 10.3 Å². The van der Waals surface area contributed by atoms with E-state index in [0.29, 0.717) is 15.6 Å². The molecule has 0 fully saturated rings. The van der Waals surface area contributed by atoms with E-state index >= 15 is 0 Å². The molecule has 0 saturated carbocycles. The SMILES string of the molecule is CNc1nc(N)c(C(=O)N(C)C(C)c2ccccc2F)s1. The fourth-order valence-electron chi connectivity index (χ4n) is 1.95. The first-order chi connectivity index (χ1) is 9.95. The molecule has 3 N–H and O–H groups in total. The number of aromatic nitrogens is 1. The second-order valence-electron chi connectivity index (χ2n) is 4.60. The first-order valence-corrected chi connectivity index (χ1v) is 7.23. The number of nitrogens with two attached hydrogens (primary N) is 1. The molecular weight excluding hydrogens is 291 g/mol. The van der Waals surface area contributed by atoms with Crippen molar-refractivity contribution in [3.63, 3.8) is 0 Å². The van der Waals surface area contributed by atoms with Crippen molar-refractivity contribution < 1.29 is 9.18 Å². The van der Waals surface area contributed by atoms with E-state index in [-0.39, 0.29) is 17.5 Å². The molecule has 1 atom stereocenters. The van der Waals surface area contributed by atoms with Gasteiger partial charge in [0.25, 0.3) is 5.91 Å². The van der Waals surface area contributed by atoms with Crippen molar-refractivity contribution in [2.75, 3.05) is 25.1 Å². The number of thiazole rings is 1. The van der Waals surface area contributed by atoms with E-state index in [9.17, 15) is 9.18 Å². The number of hydrogen-bond acceptors (Lipinski definition) is 5. The third kappa shape index (κ3) is 2.97. The van der Waals surface area contributed by atoms with Gasteiger partial charge in [0.2, 0.25) is 0 Å². The van der Waals surface area contributed by atoms with E-state index in [1.54, 1.807) is 39.2 Å². The summed E-state index contributed by atoms with van der Waals surface area (Å²) >= 11 is 1.18. The highest BCUT2D eigenvalue weighted by Crippen LogP contribution is 2.29. The van der Waals surface area contributed by atoms with Crippen LogP contribution < -0.4 is 11.1 Å². The first kappa shape index (κ1) is 15.2. The summed E-state index contributed by atoms with van der Waals surface area (Å²) in [5.41, 5.74) is 6.23. The number of nitrogens with one attached hydrogen (secondary N) is 1. The van der Waals surface area contributed by atoms with Gasteiger partial charge in [-0.15, -0.1) is 0 Å². The lowest BCUT2D eigenvalue weighted by atomic mass is 10.1. The van der Waals surface area contributed by atoms with E-state index in [1.807, 2.05) is 0 Å². The van der Waals surface area contributed by atoms with Gasteiger partial charge < -0.3 is 16.0 Å². The number of nitrogen functional groups attached to an aromatic ring is 1. The third-order valence-corrected chi connectivity index (χ3v) is 4.39. The lowest BCUT2D eigenvalue weighted by Gasteiger charge is -2.25. The lowest BCUT2D eigenvalue weighted by Crippen LogP contribution is -2.30. The molecule has 112 valence electrons. The molecule has 0 spiro atoms. The molecule has 1 unspecified atom stereocenters. The number of rotatable bonds is 4. The van der Waals surface area contributed by atoms with Crippen LogP contribution in [0, 0.1) is 5.82 Å². The van der Waals surface area contributed by atoms with E-state index in [4.69, 9.17) is 5.73 Å². The Bertz CT molecular complexity index is 658. The highest BCUT2D eigenvalue weighted by molar-refractivity contribution is 7.18. The average molecular weight is 308 g/mol. The Morgan fingerprint density at radius 3 is 2.71 bits per heavy atom. The summed E-state index contributed by atoms with van der Waals surface area (Å²) < 4.78 is 13.8. The summed E-state index contributed by atoms with van der Waals surface area (Å²) in [6.07, 6.45) is 0. The Kier molecular flexibility index (Phi) is 4.42. The van der Waals surface area contributed by atoms with Crippen molar-refractivity contribution in [2.24, 2.45) is 0 Å². The normalized spacial score (nSPS) is 12.0. The van der Waals surface area contributed by atoms with Gasteiger partial charge in [-0.05, 0) is 13.0 Å². The molecule has 0 aliphatic carbocycles. The summed E-state index contributed by atoms with van der Waals surface area (Å²) in [5, 5.41) is 3.42. The second kappa shape index (κ2) is 6.09. The Balaban J connectivity index is 2.26. The van der Waals surface area contributed by atoms with Gasteiger partial charge in [0.05, 0.1) is 6.04 Å². The maximum absolute atomic E-state index is 13.8. The summed E-state index contributed by atoms with van der Waals surface area (Å²) in [6, 6.07) is 6.00. The van der Waals surface area contributed by atoms with Crippen LogP contribution in [0.5, 0.6) is 0 Å². The van der Waals surface area contributed by atoms with Crippen molar-refractivity contribution in [1.82, 2.24) is 9.88 Å². The second-order valence-corrected chi connectivity index (χ2v) is 5.60. The quantitative estimate of drug-likeness (QED) is 0.911. The minimum absolute atomic E-state index is 0.182. The minimum atomic E-state index is -0.404. The predicted octanol–water partition coefficient (Wildman–Crippen LogP) is 2.74. The molecule has 1 amide bonds. The standard InChI is InChI=1S/C14H17FN4OS/c1-8(9-6-4-5-7-10(9)15)19(3)13(20)11-12(16)18-14(17-2)21-11/h4-8H,16H2,1-3H3,(H,17,18). The molecule has 0 saturated heterocycles. The number of carbonyl (C=O) groups excluding carboxylic acids is 1. The smallest absolute Gasteiger partial charge is 0.268 e. The largest absolute Gasteiger partial charge is 0.382 e. The van der Waals surface area contributed by atoms with E-state index < -0.39 is 6.04 Å². The molecular formula is C14H17FN4OS. The summed E-state index contributed by atoms with van der Waals surface area (Å²) in [5.74, 6) is -0.429. The molecule has 7 heteroatoms. The van der Waals surface area contributed by atoms with Gasteiger partial charge in [-0.25, -0.2) is 9.37 Å². The monoisotopic (exact) mass is 308 g/mol. The molecule has 2 rings (SSSR count). The first-order valence-electron chi connectivity index (χ1n) is 6.41. The van der Waals surface area contributed by atoms with Gasteiger partial charge in [-0.2, -0.15) is 0 Å². The topological polar surface area (TPSA) is 71.2 Å². The molecule has 1 aromatic carbocycles. The number of carbonyl (C=O) groups is 1. The minimum Gasteiger partial charge on any atom is -0.382 e. The molecule has 0 aliphatic heterocycles. The van der Waals surface area contributed by atoms with Crippen molar-refractivity contribution in [2.45, 2.75) is 13.0 Å². The van der Waals surface area contributed by atoms with Gasteiger partial charge in [-0.3, -0.25) is 4.79 Å². The van der Waals surface area contributed by atoms with Crippen LogP contribution in [0.25, 0.3) is 0 Å². The highest BCUT2D eigenvalue weighted by Gasteiger charge is 2.25. The third-order valence-electron chi connectivity index (χ3n) is 3.32. The number of nitrogens with zero attached hydrogens (tertiary/aromatic N) is 2. The number of halogens is 1. The molecule has 1 heterocycles. The predicted molar refractivity (Wildman–Crippen MR) is 83.0 cm³/mol. The van der Waals surface area contributed by atoms with E-state index in [0.717, 1.165) is 0 Å². The van der Waals surface area contributed by atoms with Crippen molar-refractivity contribution in [3.05, 3.63) is 40.5 Å². The molecule has 21 heavy (non-hydrogen) atoms. The zero-order valence-corrected chi connectivity index (χ0v) is 12.9.